The molecule has 0 radical (unpaired) electrons. The summed E-state index contributed by atoms with van der Waals surface area (Å²) in [6.45, 7) is 1.68. The molecule has 0 aliphatic carbocycles. The van der Waals surface area contributed by atoms with Crippen LogP contribution in [0.15, 0.2) is 0 Å². The molecule has 8 heteroatoms. The number of carboxylic acid groups (broad SMARTS) is 1. The Labute approximate surface area is 101 Å². The lowest BCUT2D eigenvalue weighted by Gasteiger charge is -2.11. The molecule has 1 unspecified atom stereocenters. The molecule has 0 spiro atoms. The minimum Gasteiger partial charge on any atom is -0.480 e. The summed E-state index contributed by atoms with van der Waals surface area (Å²) in [6.07, 6.45) is 4.91. The minimum absolute atomic E-state index is 0.0854. The first kappa shape index (κ1) is 12.9. The number of hydrogen-bond donors (Lipinski definition) is 3. The maximum atomic E-state index is 11.4. The van der Waals surface area contributed by atoms with E-state index in [0.29, 0.717) is 11.0 Å². The number of amides is 2. The number of aromatic nitrogens is 2. The zero-order chi connectivity index (χ0) is 12.8. The van der Waals surface area contributed by atoms with Crippen LogP contribution in [0.2, 0.25) is 0 Å². The van der Waals surface area contributed by atoms with Crippen molar-refractivity contribution < 1.29 is 14.7 Å². The van der Waals surface area contributed by atoms with Crippen molar-refractivity contribution in [1.29, 1.82) is 0 Å². The number of terminal acetylenes is 1. The number of nitrogens with one attached hydrogen (secondary N) is 2. The first-order valence-corrected chi connectivity index (χ1v) is 5.34. The van der Waals surface area contributed by atoms with E-state index in [4.69, 9.17) is 11.5 Å². The fourth-order valence-electron chi connectivity index (χ4n) is 0.957. The van der Waals surface area contributed by atoms with Crippen molar-refractivity contribution in [3.63, 3.8) is 0 Å². The Balaban J connectivity index is 2.54. The molecule has 0 aromatic carbocycles. The van der Waals surface area contributed by atoms with Crippen LogP contribution in [0.25, 0.3) is 0 Å². The zero-order valence-electron chi connectivity index (χ0n) is 8.93. The number of nitrogens with zero attached hydrogens (tertiary/aromatic N) is 2. The van der Waals surface area contributed by atoms with E-state index < -0.39 is 18.0 Å². The van der Waals surface area contributed by atoms with Crippen LogP contribution in [0.1, 0.15) is 12.2 Å². The van der Waals surface area contributed by atoms with E-state index >= 15 is 0 Å². The second-order valence-corrected chi connectivity index (χ2v) is 3.80. The van der Waals surface area contributed by atoms with Crippen LogP contribution in [0.4, 0.5) is 9.93 Å². The minimum atomic E-state index is -1.19. The van der Waals surface area contributed by atoms with E-state index in [-0.39, 0.29) is 6.42 Å². The van der Waals surface area contributed by atoms with Gasteiger partial charge in [-0.3, -0.25) is 5.32 Å². The van der Waals surface area contributed by atoms with Crippen molar-refractivity contribution in [2.75, 3.05) is 5.32 Å². The molecule has 7 nitrogen and oxygen atoms in total. The normalized spacial score (nSPS) is 11.3. The van der Waals surface area contributed by atoms with Gasteiger partial charge in [-0.25, -0.2) is 14.6 Å². The fourth-order valence-corrected chi connectivity index (χ4v) is 1.53. The lowest BCUT2D eigenvalue weighted by molar-refractivity contribution is -0.139. The third-order valence-corrected chi connectivity index (χ3v) is 2.40. The van der Waals surface area contributed by atoms with E-state index in [0.717, 1.165) is 11.5 Å². The van der Waals surface area contributed by atoms with Crippen molar-refractivity contribution in [3.8, 4) is 12.3 Å². The maximum Gasteiger partial charge on any atom is 0.327 e. The second-order valence-electron chi connectivity index (χ2n) is 3.04. The highest BCUT2D eigenvalue weighted by Gasteiger charge is 2.19. The monoisotopic (exact) mass is 254 g/mol. The number of carbonyl (C=O) groups is 2. The van der Waals surface area contributed by atoms with Gasteiger partial charge in [0.2, 0.25) is 5.13 Å². The quantitative estimate of drug-likeness (QED) is 0.676. The molecule has 0 fully saturated rings. The standard InChI is InChI=1S/C9H10N4O3S/c1-3-4-6(7(14)15)11-8(16)12-9-10-5(2)13-17-9/h1,6H,4H2,2H3,(H,14,15)(H2,10,11,12,13,16). The lowest BCUT2D eigenvalue weighted by Crippen LogP contribution is -2.42. The molecule has 90 valence electrons. The van der Waals surface area contributed by atoms with Gasteiger partial charge in [-0.1, -0.05) is 0 Å². The summed E-state index contributed by atoms with van der Waals surface area (Å²) in [5.41, 5.74) is 0. The average molecular weight is 254 g/mol. The smallest absolute Gasteiger partial charge is 0.327 e. The topological polar surface area (TPSA) is 104 Å². The largest absolute Gasteiger partial charge is 0.480 e. The fraction of sp³-hybridized carbons (Fsp3) is 0.333. The Kier molecular flexibility index (Phi) is 4.42. The van der Waals surface area contributed by atoms with E-state index in [1.807, 2.05) is 0 Å². The van der Waals surface area contributed by atoms with Gasteiger partial charge in [-0.05, 0) is 6.92 Å². The first-order valence-electron chi connectivity index (χ1n) is 4.57. The Hall–Kier alpha value is -2.14. The molecule has 0 bridgehead atoms. The highest BCUT2D eigenvalue weighted by Crippen LogP contribution is 2.09. The van der Waals surface area contributed by atoms with Gasteiger partial charge in [0.15, 0.2) is 0 Å². The molecular formula is C9H10N4O3S. The number of aryl methyl sites for hydroxylation is 1. The molecule has 0 aliphatic heterocycles. The Morgan fingerprint density at radius 2 is 2.35 bits per heavy atom. The number of carbonyl (C=O) groups excluding carboxylic acids is 1. The Bertz CT molecular complexity index is 465. The van der Waals surface area contributed by atoms with Crippen LogP contribution >= 0.6 is 11.5 Å². The van der Waals surface area contributed by atoms with Crippen molar-refractivity contribution in [3.05, 3.63) is 5.82 Å². The van der Waals surface area contributed by atoms with Crippen molar-refractivity contribution in [1.82, 2.24) is 14.7 Å². The van der Waals surface area contributed by atoms with Crippen LogP contribution in [0, 0.1) is 19.3 Å². The predicted octanol–water partition coefficient (Wildman–Crippen LogP) is 0.445. The van der Waals surface area contributed by atoms with Crippen LogP contribution in [0.5, 0.6) is 0 Å². The van der Waals surface area contributed by atoms with E-state index in [9.17, 15) is 9.59 Å². The number of urea groups is 1. The predicted molar refractivity (Wildman–Crippen MR) is 61.7 cm³/mol. The van der Waals surface area contributed by atoms with Crippen molar-refractivity contribution in [2.24, 2.45) is 0 Å². The number of hydrogen-bond acceptors (Lipinski definition) is 5. The van der Waals surface area contributed by atoms with Gasteiger partial charge in [0.1, 0.15) is 11.9 Å². The molecule has 2 amide bonds. The van der Waals surface area contributed by atoms with Crippen molar-refractivity contribution >= 4 is 28.7 Å². The van der Waals surface area contributed by atoms with Crippen molar-refractivity contribution in [2.45, 2.75) is 19.4 Å². The van der Waals surface area contributed by atoms with E-state index in [1.54, 1.807) is 6.92 Å². The van der Waals surface area contributed by atoms with Gasteiger partial charge in [-0.15, -0.1) is 12.3 Å². The second kappa shape index (κ2) is 5.81. The van der Waals surface area contributed by atoms with Gasteiger partial charge >= 0.3 is 12.0 Å². The summed E-state index contributed by atoms with van der Waals surface area (Å²) >= 11 is 1.01. The van der Waals surface area contributed by atoms with Gasteiger partial charge in [0.05, 0.1) is 0 Å². The Morgan fingerprint density at radius 3 is 2.82 bits per heavy atom. The SMILES string of the molecule is C#CCC(NC(=O)Nc1nc(C)ns1)C(=O)O. The van der Waals surface area contributed by atoms with Gasteiger partial charge in [0, 0.05) is 18.0 Å². The third-order valence-electron chi connectivity index (χ3n) is 1.67. The average Bonchev–Trinajstić information content (AvgIpc) is 2.63. The Morgan fingerprint density at radius 1 is 1.65 bits per heavy atom. The summed E-state index contributed by atoms with van der Waals surface area (Å²) in [4.78, 5) is 26.0. The number of anilines is 1. The molecule has 0 saturated heterocycles. The number of carboxylic acids is 1. The van der Waals surface area contributed by atoms with E-state index in [1.165, 1.54) is 0 Å². The maximum absolute atomic E-state index is 11.4. The molecule has 17 heavy (non-hydrogen) atoms. The number of aliphatic carboxylic acids is 1. The van der Waals surface area contributed by atoms with Crippen LogP contribution < -0.4 is 10.6 Å². The molecule has 0 aliphatic rings. The van der Waals surface area contributed by atoms with Gasteiger partial charge in [0.25, 0.3) is 0 Å². The highest BCUT2D eigenvalue weighted by molar-refractivity contribution is 7.09. The summed E-state index contributed by atoms with van der Waals surface area (Å²) in [6, 6.07) is -1.79. The summed E-state index contributed by atoms with van der Waals surface area (Å²) < 4.78 is 3.86. The van der Waals surface area contributed by atoms with Crippen LogP contribution in [-0.2, 0) is 4.79 Å². The molecule has 1 rings (SSSR count). The molecule has 1 heterocycles. The first-order chi connectivity index (χ1) is 8.02. The third kappa shape index (κ3) is 4.08. The highest BCUT2D eigenvalue weighted by atomic mass is 32.1. The zero-order valence-corrected chi connectivity index (χ0v) is 9.74. The van der Waals surface area contributed by atoms with Gasteiger partial charge < -0.3 is 10.4 Å². The van der Waals surface area contributed by atoms with Crippen LogP contribution in [-0.4, -0.2) is 32.5 Å². The number of rotatable bonds is 4. The van der Waals surface area contributed by atoms with E-state index in [2.05, 4.69) is 25.9 Å². The molecule has 0 saturated carbocycles. The molecule has 1 aromatic heterocycles. The summed E-state index contributed by atoms with van der Waals surface area (Å²) in [5, 5.41) is 13.6. The van der Waals surface area contributed by atoms with Crippen LogP contribution in [0.3, 0.4) is 0 Å². The molecular weight excluding hydrogens is 244 g/mol. The molecule has 3 N–H and O–H groups in total. The molecule has 1 aromatic rings. The molecule has 1 atom stereocenters. The lowest BCUT2D eigenvalue weighted by atomic mass is 10.2. The summed E-state index contributed by atoms with van der Waals surface area (Å²) in [7, 11) is 0. The summed E-state index contributed by atoms with van der Waals surface area (Å²) in [5.74, 6) is 1.52. The van der Waals surface area contributed by atoms with Gasteiger partial charge in [-0.2, -0.15) is 4.37 Å².